The molecule has 0 rings (SSSR count). The summed E-state index contributed by atoms with van der Waals surface area (Å²) in [5.74, 6) is 0.607. The van der Waals surface area contributed by atoms with Crippen molar-refractivity contribution in [3.63, 3.8) is 0 Å². The van der Waals surface area contributed by atoms with Crippen LogP contribution in [0.5, 0.6) is 0 Å². The van der Waals surface area contributed by atoms with Crippen LogP contribution < -0.4 is 0 Å². The lowest BCUT2D eigenvalue weighted by molar-refractivity contribution is 0.582. The second-order valence-electron chi connectivity index (χ2n) is 4.36. The van der Waals surface area contributed by atoms with Crippen LogP contribution in [0, 0.1) is 5.92 Å². The molecule has 0 aromatic heterocycles. The van der Waals surface area contributed by atoms with E-state index in [1.165, 1.54) is 36.8 Å². The van der Waals surface area contributed by atoms with Gasteiger partial charge in [-0.15, -0.1) is 0 Å². The maximum absolute atomic E-state index is 4.11. The lowest BCUT2D eigenvalue weighted by Crippen LogP contribution is -1.95. The predicted molar refractivity (Wildman–Crippen MR) is 71.0 cm³/mol. The van der Waals surface area contributed by atoms with E-state index in [0.29, 0.717) is 5.92 Å². The Hall–Kier alpha value is -0.780. The Labute approximate surface area is 95.8 Å². The molecule has 0 aliphatic heterocycles. The van der Waals surface area contributed by atoms with Crippen molar-refractivity contribution in [2.75, 3.05) is 0 Å². The fourth-order valence-electron chi connectivity index (χ4n) is 1.49. The van der Waals surface area contributed by atoms with Crippen molar-refractivity contribution in [1.82, 2.24) is 0 Å². The van der Waals surface area contributed by atoms with Crippen LogP contribution in [-0.2, 0) is 0 Å². The second kappa shape index (κ2) is 8.52. The van der Waals surface area contributed by atoms with E-state index in [2.05, 4.69) is 46.1 Å². The summed E-state index contributed by atoms with van der Waals surface area (Å²) in [5, 5.41) is 0. The molecule has 0 heterocycles. The summed E-state index contributed by atoms with van der Waals surface area (Å²) in [4.78, 5) is 0. The standard InChI is InChI=1S/C15H26/c1-6-8-10-14(4)15(5)12-11-13(3)9-7-2/h11-12,14H,3,5-10H2,1-2,4H3/b12-11-. The molecule has 0 amide bonds. The first-order valence-corrected chi connectivity index (χ1v) is 6.16. The number of hydrogen-bond donors (Lipinski definition) is 0. The van der Waals surface area contributed by atoms with Crippen molar-refractivity contribution in [2.45, 2.75) is 52.9 Å². The molecule has 0 N–H and O–H groups in total. The monoisotopic (exact) mass is 206 g/mol. The molecular formula is C15H26. The summed E-state index contributed by atoms with van der Waals surface area (Å²) in [5.41, 5.74) is 2.45. The maximum Gasteiger partial charge on any atom is -0.0196 e. The van der Waals surface area contributed by atoms with Crippen LogP contribution in [0.15, 0.2) is 36.5 Å². The zero-order chi connectivity index (χ0) is 11.7. The van der Waals surface area contributed by atoms with Crippen LogP contribution >= 0.6 is 0 Å². The molecule has 0 saturated heterocycles. The summed E-state index contributed by atoms with van der Waals surface area (Å²) in [6.07, 6.45) is 10.3. The van der Waals surface area contributed by atoms with Gasteiger partial charge in [0, 0.05) is 0 Å². The molecule has 0 radical (unpaired) electrons. The van der Waals surface area contributed by atoms with Gasteiger partial charge in [-0.05, 0) is 18.8 Å². The van der Waals surface area contributed by atoms with Crippen LogP contribution in [0.25, 0.3) is 0 Å². The van der Waals surface area contributed by atoms with Crippen molar-refractivity contribution in [3.05, 3.63) is 36.5 Å². The molecule has 0 aromatic rings. The highest BCUT2D eigenvalue weighted by atomic mass is 14.1. The quantitative estimate of drug-likeness (QED) is 0.474. The Balaban J connectivity index is 3.95. The lowest BCUT2D eigenvalue weighted by atomic mass is 9.95. The maximum atomic E-state index is 4.11. The molecule has 86 valence electrons. The Morgan fingerprint density at radius 3 is 2.33 bits per heavy atom. The fourth-order valence-corrected chi connectivity index (χ4v) is 1.49. The van der Waals surface area contributed by atoms with Crippen molar-refractivity contribution in [3.8, 4) is 0 Å². The minimum absolute atomic E-state index is 0.607. The zero-order valence-electron chi connectivity index (χ0n) is 10.7. The van der Waals surface area contributed by atoms with Gasteiger partial charge in [-0.2, -0.15) is 0 Å². The van der Waals surface area contributed by atoms with Crippen LogP contribution in [-0.4, -0.2) is 0 Å². The molecule has 1 unspecified atom stereocenters. The number of rotatable bonds is 8. The van der Waals surface area contributed by atoms with Crippen molar-refractivity contribution in [2.24, 2.45) is 5.92 Å². The van der Waals surface area contributed by atoms with Crippen molar-refractivity contribution >= 4 is 0 Å². The smallest absolute Gasteiger partial charge is 0.0196 e. The van der Waals surface area contributed by atoms with E-state index in [1.54, 1.807) is 0 Å². The Bertz CT molecular complexity index is 220. The van der Waals surface area contributed by atoms with E-state index in [-0.39, 0.29) is 0 Å². The molecule has 0 aliphatic carbocycles. The zero-order valence-corrected chi connectivity index (χ0v) is 10.7. The van der Waals surface area contributed by atoms with Crippen LogP contribution in [0.2, 0.25) is 0 Å². The Morgan fingerprint density at radius 2 is 1.80 bits per heavy atom. The van der Waals surface area contributed by atoms with Gasteiger partial charge in [-0.1, -0.05) is 76.5 Å². The Morgan fingerprint density at radius 1 is 1.13 bits per heavy atom. The largest absolute Gasteiger partial charge is 0.0958 e. The molecule has 0 aliphatic rings. The topological polar surface area (TPSA) is 0 Å². The molecule has 1 atom stereocenters. The van der Waals surface area contributed by atoms with Crippen molar-refractivity contribution in [1.29, 1.82) is 0 Å². The SMILES string of the molecule is C=C(/C=C\C(=C)C(C)CCCC)CCC. The average molecular weight is 206 g/mol. The third-order valence-corrected chi connectivity index (χ3v) is 2.73. The molecule has 0 heteroatoms. The summed E-state index contributed by atoms with van der Waals surface area (Å²) >= 11 is 0. The van der Waals surface area contributed by atoms with Gasteiger partial charge in [0.25, 0.3) is 0 Å². The van der Waals surface area contributed by atoms with Crippen LogP contribution in [0.1, 0.15) is 52.9 Å². The van der Waals surface area contributed by atoms with Gasteiger partial charge < -0.3 is 0 Å². The van der Waals surface area contributed by atoms with E-state index in [4.69, 9.17) is 0 Å². The first kappa shape index (κ1) is 14.2. The van der Waals surface area contributed by atoms with Gasteiger partial charge in [0.15, 0.2) is 0 Å². The Kier molecular flexibility index (Phi) is 8.08. The van der Waals surface area contributed by atoms with Crippen LogP contribution in [0.4, 0.5) is 0 Å². The minimum atomic E-state index is 0.607. The molecule has 0 bridgehead atoms. The predicted octanol–water partition coefficient (Wildman–Crippen LogP) is 5.28. The lowest BCUT2D eigenvalue weighted by Gasteiger charge is -2.10. The van der Waals surface area contributed by atoms with Crippen LogP contribution in [0.3, 0.4) is 0 Å². The van der Waals surface area contributed by atoms with Gasteiger partial charge in [-0.25, -0.2) is 0 Å². The van der Waals surface area contributed by atoms with E-state index in [1.807, 2.05) is 0 Å². The van der Waals surface area contributed by atoms with Crippen molar-refractivity contribution < 1.29 is 0 Å². The average Bonchev–Trinajstić information content (AvgIpc) is 2.22. The van der Waals surface area contributed by atoms with Gasteiger partial charge >= 0.3 is 0 Å². The van der Waals surface area contributed by atoms with Gasteiger partial charge in [0.2, 0.25) is 0 Å². The number of allylic oxidation sites excluding steroid dienone is 4. The highest BCUT2D eigenvalue weighted by Gasteiger charge is 2.02. The first-order chi connectivity index (χ1) is 7.11. The first-order valence-electron chi connectivity index (χ1n) is 6.16. The fraction of sp³-hybridized carbons (Fsp3) is 0.600. The molecule has 15 heavy (non-hydrogen) atoms. The summed E-state index contributed by atoms with van der Waals surface area (Å²) in [7, 11) is 0. The van der Waals surface area contributed by atoms with Gasteiger partial charge in [0.05, 0.1) is 0 Å². The summed E-state index contributed by atoms with van der Waals surface area (Å²) in [6, 6.07) is 0. The highest BCUT2D eigenvalue weighted by molar-refractivity contribution is 5.25. The number of unbranched alkanes of at least 4 members (excludes halogenated alkanes) is 1. The third-order valence-electron chi connectivity index (χ3n) is 2.73. The molecular weight excluding hydrogens is 180 g/mol. The highest BCUT2D eigenvalue weighted by Crippen LogP contribution is 2.18. The second-order valence-corrected chi connectivity index (χ2v) is 4.36. The number of hydrogen-bond acceptors (Lipinski definition) is 0. The van der Waals surface area contributed by atoms with Gasteiger partial charge in [0.1, 0.15) is 0 Å². The molecule has 0 nitrogen and oxygen atoms in total. The van der Waals surface area contributed by atoms with E-state index in [0.717, 1.165) is 6.42 Å². The van der Waals surface area contributed by atoms with E-state index in [9.17, 15) is 0 Å². The minimum Gasteiger partial charge on any atom is -0.0958 e. The molecule has 0 fully saturated rings. The molecule has 0 spiro atoms. The molecule has 0 aromatic carbocycles. The van der Waals surface area contributed by atoms with Gasteiger partial charge in [-0.3, -0.25) is 0 Å². The summed E-state index contributed by atoms with van der Waals surface area (Å²) in [6.45, 7) is 14.8. The normalized spacial score (nSPS) is 13.0. The van der Waals surface area contributed by atoms with E-state index < -0.39 is 0 Å². The summed E-state index contributed by atoms with van der Waals surface area (Å²) < 4.78 is 0. The van der Waals surface area contributed by atoms with E-state index >= 15 is 0 Å². The molecule has 0 saturated carbocycles. The third kappa shape index (κ3) is 7.18.